The van der Waals surface area contributed by atoms with E-state index in [-0.39, 0.29) is 33.4 Å². The minimum atomic E-state index is -0.677. The number of hydrogen-bond acceptors (Lipinski definition) is 4. The van der Waals surface area contributed by atoms with Crippen LogP contribution in [0.2, 0.25) is 10.0 Å². The highest BCUT2D eigenvalue weighted by Crippen LogP contribution is 2.33. The predicted molar refractivity (Wildman–Crippen MR) is 126 cm³/mol. The molecule has 0 aromatic heterocycles. The highest BCUT2D eigenvalue weighted by Gasteiger charge is 2.39. The SMILES string of the molecule is O=C(NC1CCCCC1)c1cccc(NC2=C(Cl)C(=O)N(c3ccc(Cl)c(Cl)c3)C2=O)c1. The van der Waals surface area contributed by atoms with Gasteiger partial charge in [0.1, 0.15) is 10.7 Å². The number of halogens is 3. The van der Waals surface area contributed by atoms with Crippen LogP contribution in [0.3, 0.4) is 0 Å². The molecule has 1 aliphatic carbocycles. The summed E-state index contributed by atoms with van der Waals surface area (Å²) in [7, 11) is 0. The number of nitrogens with one attached hydrogen (secondary N) is 2. The van der Waals surface area contributed by atoms with Gasteiger partial charge < -0.3 is 10.6 Å². The van der Waals surface area contributed by atoms with E-state index < -0.39 is 11.8 Å². The van der Waals surface area contributed by atoms with Crippen molar-refractivity contribution in [3.05, 3.63) is 68.8 Å². The first-order valence-electron chi connectivity index (χ1n) is 10.3. The summed E-state index contributed by atoms with van der Waals surface area (Å²) in [5, 5.41) is 6.21. The Balaban J connectivity index is 1.51. The van der Waals surface area contributed by atoms with Crippen LogP contribution >= 0.6 is 34.8 Å². The largest absolute Gasteiger partial charge is 0.350 e. The van der Waals surface area contributed by atoms with Crippen molar-refractivity contribution in [2.45, 2.75) is 38.1 Å². The van der Waals surface area contributed by atoms with Crippen LogP contribution < -0.4 is 15.5 Å². The van der Waals surface area contributed by atoms with Gasteiger partial charge in [-0.1, -0.05) is 60.1 Å². The standard InChI is InChI=1S/C23H20Cl3N3O3/c24-17-10-9-16(12-18(17)25)29-22(31)19(26)20(23(29)32)27-15-8-4-5-13(11-15)21(30)28-14-6-2-1-3-7-14/h4-5,8-12,14,27H,1-3,6-7H2,(H,28,30). The van der Waals surface area contributed by atoms with Crippen molar-refractivity contribution in [2.24, 2.45) is 0 Å². The van der Waals surface area contributed by atoms with E-state index in [1.165, 1.54) is 24.6 Å². The molecule has 1 fully saturated rings. The van der Waals surface area contributed by atoms with Crippen molar-refractivity contribution in [2.75, 3.05) is 10.2 Å². The van der Waals surface area contributed by atoms with Gasteiger partial charge in [0.25, 0.3) is 17.7 Å². The number of carbonyl (C=O) groups excluding carboxylic acids is 3. The van der Waals surface area contributed by atoms with Gasteiger partial charge >= 0.3 is 0 Å². The van der Waals surface area contributed by atoms with Crippen molar-refractivity contribution < 1.29 is 14.4 Å². The van der Waals surface area contributed by atoms with Crippen LogP contribution in [-0.2, 0) is 9.59 Å². The van der Waals surface area contributed by atoms with E-state index in [2.05, 4.69) is 10.6 Å². The number of anilines is 2. The normalized spacial score (nSPS) is 17.2. The predicted octanol–water partition coefficient (Wildman–Crippen LogP) is 5.49. The first-order chi connectivity index (χ1) is 15.3. The molecule has 3 amide bonds. The monoisotopic (exact) mass is 491 g/mol. The zero-order chi connectivity index (χ0) is 22.8. The molecule has 166 valence electrons. The third-order valence-corrected chi connectivity index (χ3v) is 6.61. The van der Waals surface area contributed by atoms with Gasteiger partial charge in [-0.15, -0.1) is 0 Å². The summed E-state index contributed by atoms with van der Waals surface area (Å²) in [6, 6.07) is 11.3. The van der Waals surface area contributed by atoms with Crippen molar-refractivity contribution in [3.8, 4) is 0 Å². The van der Waals surface area contributed by atoms with Crippen molar-refractivity contribution in [3.63, 3.8) is 0 Å². The van der Waals surface area contributed by atoms with Gasteiger partial charge in [0.2, 0.25) is 0 Å². The van der Waals surface area contributed by atoms with E-state index in [1.54, 1.807) is 24.3 Å². The maximum Gasteiger partial charge on any atom is 0.283 e. The van der Waals surface area contributed by atoms with E-state index in [1.807, 2.05) is 0 Å². The molecule has 0 unspecified atom stereocenters. The number of hydrogen-bond donors (Lipinski definition) is 2. The van der Waals surface area contributed by atoms with E-state index >= 15 is 0 Å². The fourth-order valence-corrected chi connectivity index (χ4v) is 4.37. The topological polar surface area (TPSA) is 78.5 Å². The lowest BCUT2D eigenvalue weighted by Crippen LogP contribution is -2.36. The van der Waals surface area contributed by atoms with Crippen LogP contribution in [0.1, 0.15) is 42.5 Å². The summed E-state index contributed by atoms with van der Waals surface area (Å²) in [5.41, 5.74) is 1.10. The Hall–Kier alpha value is -2.54. The Morgan fingerprint density at radius 3 is 2.38 bits per heavy atom. The van der Waals surface area contributed by atoms with E-state index in [4.69, 9.17) is 34.8 Å². The van der Waals surface area contributed by atoms with Crippen LogP contribution in [0.15, 0.2) is 53.2 Å². The third-order valence-electron chi connectivity index (χ3n) is 5.52. The zero-order valence-corrected chi connectivity index (χ0v) is 19.2. The molecule has 2 aliphatic rings. The summed E-state index contributed by atoms with van der Waals surface area (Å²) >= 11 is 18.1. The maximum absolute atomic E-state index is 13.0. The summed E-state index contributed by atoms with van der Waals surface area (Å²) in [5.74, 6) is -1.48. The molecule has 0 bridgehead atoms. The minimum absolute atomic E-state index is 0.0763. The van der Waals surface area contributed by atoms with Gasteiger partial charge in [-0.3, -0.25) is 14.4 Å². The molecule has 9 heteroatoms. The third kappa shape index (κ3) is 4.63. The molecule has 2 N–H and O–H groups in total. The molecule has 1 saturated carbocycles. The molecular formula is C23H20Cl3N3O3. The second-order valence-electron chi connectivity index (χ2n) is 7.75. The Kier molecular flexibility index (Phi) is 6.74. The summed E-state index contributed by atoms with van der Waals surface area (Å²) in [6.07, 6.45) is 5.39. The van der Waals surface area contributed by atoms with Crippen LogP contribution in [0.5, 0.6) is 0 Å². The number of nitrogens with zero attached hydrogens (tertiary/aromatic N) is 1. The summed E-state index contributed by atoms with van der Waals surface area (Å²) in [4.78, 5) is 39.2. The molecule has 2 aromatic carbocycles. The van der Waals surface area contributed by atoms with Crippen LogP contribution in [0.25, 0.3) is 0 Å². The fourth-order valence-electron chi connectivity index (χ4n) is 3.87. The molecule has 2 aromatic rings. The maximum atomic E-state index is 13.0. The molecule has 6 nitrogen and oxygen atoms in total. The Morgan fingerprint density at radius 2 is 1.66 bits per heavy atom. The lowest BCUT2D eigenvalue weighted by molar-refractivity contribution is -0.120. The lowest BCUT2D eigenvalue weighted by atomic mass is 9.95. The number of imide groups is 1. The number of amides is 3. The van der Waals surface area contributed by atoms with Crippen molar-refractivity contribution >= 4 is 63.9 Å². The Bertz CT molecular complexity index is 1130. The number of benzene rings is 2. The van der Waals surface area contributed by atoms with E-state index in [9.17, 15) is 14.4 Å². The zero-order valence-electron chi connectivity index (χ0n) is 17.0. The van der Waals surface area contributed by atoms with Gasteiger partial charge in [-0.2, -0.15) is 0 Å². The average Bonchev–Trinajstić information content (AvgIpc) is 3.00. The Morgan fingerprint density at radius 1 is 0.906 bits per heavy atom. The van der Waals surface area contributed by atoms with Crippen LogP contribution in [0, 0.1) is 0 Å². The molecule has 32 heavy (non-hydrogen) atoms. The number of rotatable bonds is 5. The molecule has 0 atom stereocenters. The highest BCUT2D eigenvalue weighted by atomic mass is 35.5. The van der Waals surface area contributed by atoms with Gasteiger partial charge in [0.15, 0.2) is 0 Å². The molecular weight excluding hydrogens is 473 g/mol. The van der Waals surface area contributed by atoms with Crippen LogP contribution in [-0.4, -0.2) is 23.8 Å². The first kappa shape index (κ1) is 22.6. The molecule has 1 aliphatic heterocycles. The minimum Gasteiger partial charge on any atom is -0.350 e. The second kappa shape index (κ2) is 9.53. The molecule has 0 saturated heterocycles. The fraction of sp³-hybridized carbons (Fsp3) is 0.261. The van der Waals surface area contributed by atoms with E-state index in [0.717, 1.165) is 30.6 Å². The quantitative estimate of drug-likeness (QED) is 0.541. The summed E-state index contributed by atoms with van der Waals surface area (Å²) in [6.45, 7) is 0. The van der Waals surface area contributed by atoms with Crippen molar-refractivity contribution in [1.82, 2.24) is 5.32 Å². The summed E-state index contributed by atoms with van der Waals surface area (Å²) < 4.78 is 0. The van der Waals surface area contributed by atoms with Crippen molar-refractivity contribution in [1.29, 1.82) is 0 Å². The second-order valence-corrected chi connectivity index (χ2v) is 8.94. The van der Waals surface area contributed by atoms with Gasteiger partial charge in [0.05, 0.1) is 15.7 Å². The highest BCUT2D eigenvalue weighted by molar-refractivity contribution is 6.53. The Labute approximate surface area is 200 Å². The molecule has 0 spiro atoms. The molecule has 0 radical (unpaired) electrons. The molecule has 1 heterocycles. The molecule has 4 rings (SSSR count). The first-order valence-corrected chi connectivity index (χ1v) is 11.4. The van der Waals surface area contributed by atoms with E-state index in [0.29, 0.717) is 16.3 Å². The number of carbonyl (C=O) groups is 3. The van der Waals surface area contributed by atoms with Gasteiger partial charge in [0, 0.05) is 17.3 Å². The van der Waals surface area contributed by atoms with Gasteiger partial charge in [-0.25, -0.2) is 4.90 Å². The average molecular weight is 493 g/mol. The van der Waals surface area contributed by atoms with Crippen LogP contribution in [0.4, 0.5) is 11.4 Å². The lowest BCUT2D eigenvalue weighted by Gasteiger charge is -2.22. The smallest absolute Gasteiger partial charge is 0.283 e. The van der Waals surface area contributed by atoms with Gasteiger partial charge in [-0.05, 0) is 49.2 Å².